The molecule has 0 radical (unpaired) electrons. The van der Waals surface area contributed by atoms with Crippen molar-refractivity contribution < 1.29 is 0 Å². The average Bonchev–Trinajstić information content (AvgIpc) is 2.50. The van der Waals surface area contributed by atoms with Crippen LogP contribution in [0.3, 0.4) is 0 Å². The molecule has 0 bridgehead atoms. The van der Waals surface area contributed by atoms with Gasteiger partial charge in [0, 0.05) is 24.7 Å². The van der Waals surface area contributed by atoms with Crippen LogP contribution in [0.2, 0.25) is 0 Å². The lowest BCUT2D eigenvalue weighted by Gasteiger charge is -2.41. The molecule has 2 nitrogen and oxygen atoms in total. The van der Waals surface area contributed by atoms with Gasteiger partial charge in [0.2, 0.25) is 0 Å². The molecule has 1 N–H and O–H groups in total. The molecule has 1 aliphatic heterocycles. The Bertz CT molecular complexity index is 402. The lowest BCUT2D eigenvalue weighted by Crippen LogP contribution is -2.47. The zero-order chi connectivity index (χ0) is 15.2. The number of benzene rings is 1. The van der Waals surface area contributed by atoms with Gasteiger partial charge in [0.05, 0.1) is 0 Å². The number of nitrogens with one attached hydrogen (secondary N) is 1. The van der Waals surface area contributed by atoms with E-state index < -0.39 is 0 Å². The van der Waals surface area contributed by atoms with Crippen molar-refractivity contribution in [1.29, 1.82) is 0 Å². The maximum absolute atomic E-state index is 3.68. The van der Waals surface area contributed by atoms with Crippen molar-refractivity contribution in [1.82, 2.24) is 10.2 Å². The Morgan fingerprint density at radius 1 is 1.10 bits per heavy atom. The Morgan fingerprint density at radius 2 is 1.71 bits per heavy atom. The van der Waals surface area contributed by atoms with Crippen LogP contribution in [0.15, 0.2) is 24.3 Å². The lowest BCUT2D eigenvalue weighted by atomic mass is 9.95. The highest BCUT2D eigenvalue weighted by molar-refractivity contribution is 5.25. The van der Waals surface area contributed by atoms with Gasteiger partial charge >= 0.3 is 0 Å². The molecule has 0 amide bonds. The van der Waals surface area contributed by atoms with Gasteiger partial charge in [-0.15, -0.1) is 0 Å². The van der Waals surface area contributed by atoms with Crippen LogP contribution in [0.4, 0.5) is 0 Å². The van der Waals surface area contributed by atoms with Crippen molar-refractivity contribution >= 4 is 0 Å². The van der Waals surface area contributed by atoms with Crippen molar-refractivity contribution in [3.8, 4) is 0 Å². The quantitative estimate of drug-likeness (QED) is 0.845. The molecule has 0 aromatic heterocycles. The standard InChI is InChI=1S/C19H32N2/c1-5-17-10-12-18(13-11-17)19(20-6-2)14-21-15(3)8-7-9-16(21)4/h10-13,15-16,19-20H,5-9,14H2,1-4H3. The number of aryl methyl sites for hydroxylation is 1. The molecule has 2 rings (SSSR count). The Hall–Kier alpha value is -0.860. The normalized spacial score (nSPS) is 25.0. The molecule has 1 saturated heterocycles. The minimum absolute atomic E-state index is 0.448. The van der Waals surface area contributed by atoms with E-state index in [1.807, 2.05) is 0 Å². The van der Waals surface area contributed by atoms with E-state index in [1.54, 1.807) is 0 Å². The second-order valence-electron chi connectivity index (χ2n) is 6.53. The van der Waals surface area contributed by atoms with E-state index >= 15 is 0 Å². The predicted octanol–water partition coefficient (Wildman–Crippen LogP) is 4.16. The first-order chi connectivity index (χ1) is 10.2. The molecule has 0 aliphatic carbocycles. The third-order valence-electron chi connectivity index (χ3n) is 5.01. The molecule has 0 spiro atoms. The molecule has 1 fully saturated rings. The van der Waals surface area contributed by atoms with Crippen LogP contribution in [-0.4, -0.2) is 30.1 Å². The number of nitrogens with zero attached hydrogens (tertiary/aromatic N) is 1. The highest BCUT2D eigenvalue weighted by Crippen LogP contribution is 2.26. The zero-order valence-corrected chi connectivity index (χ0v) is 14.2. The topological polar surface area (TPSA) is 15.3 Å². The van der Waals surface area contributed by atoms with Gasteiger partial charge in [-0.25, -0.2) is 0 Å². The molecule has 1 aromatic carbocycles. The number of piperidine rings is 1. The molecule has 3 atom stereocenters. The largest absolute Gasteiger partial charge is 0.309 e. The maximum Gasteiger partial charge on any atom is 0.0449 e. The number of hydrogen-bond donors (Lipinski definition) is 1. The number of hydrogen-bond acceptors (Lipinski definition) is 2. The first-order valence-corrected chi connectivity index (χ1v) is 8.73. The van der Waals surface area contributed by atoms with Gasteiger partial charge < -0.3 is 5.32 Å². The number of rotatable bonds is 6. The third-order valence-corrected chi connectivity index (χ3v) is 5.01. The van der Waals surface area contributed by atoms with E-state index in [0.29, 0.717) is 18.1 Å². The summed E-state index contributed by atoms with van der Waals surface area (Å²) in [6.45, 7) is 11.3. The number of likely N-dealkylation sites (tertiary alicyclic amines) is 1. The van der Waals surface area contributed by atoms with E-state index in [1.165, 1.54) is 30.4 Å². The molecular formula is C19H32N2. The van der Waals surface area contributed by atoms with Crippen molar-refractivity contribution in [3.05, 3.63) is 35.4 Å². The monoisotopic (exact) mass is 288 g/mol. The molecule has 1 aromatic rings. The molecule has 2 heteroatoms. The molecule has 3 unspecified atom stereocenters. The van der Waals surface area contributed by atoms with Gasteiger partial charge in [-0.1, -0.05) is 44.5 Å². The summed E-state index contributed by atoms with van der Waals surface area (Å²) in [4.78, 5) is 2.70. The molecule has 1 aliphatic rings. The second-order valence-corrected chi connectivity index (χ2v) is 6.53. The molecule has 118 valence electrons. The van der Waals surface area contributed by atoms with E-state index in [2.05, 4.69) is 62.2 Å². The van der Waals surface area contributed by atoms with Crippen LogP contribution in [0.25, 0.3) is 0 Å². The zero-order valence-electron chi connectivity index (χ0n) is 14.2. The summed E-state index contributed by atoms with van der Waals surface area (Å²) in [6.07, 6.45) is 5.19. The summed E-state index contributed by atoms with van der Waals surface area (Å²) in [5.41, 5.74) is 2.85. The molecule has 21 heavy (non-hydrogen) atoms. The molecule has 1 heterocycles. The lowest BCUT2D eigenvalue weighted by molar-refractivity contribution is 0.0911. The number of likely N-dealkylation sites (N-methyl/N-ethyl adjacent to an activating group) is 1. The summed E-state index contributed by atoms with van der Waals surface area (Å²) in [7, 11) is 0. The first kappa shape index (κ1) is 16.5. The molecular weight excluding hydrogens is 256 g/mol. The summed E-state index contributed by atoms with van der Waals surface area (Å²) in [5, 5.41) is 3.68. The van der Waals surface area contributed by atoms with Crippen LogP contribution >= 0.6 is 0 Å². The smallest absolute Gasteiger partial charge is 0.0449 e. The minimum Gasteiger partial charge on any atom is -0.309 e. The summed E-state index contributed by atoms with van der Waals surface area (Å²) >= 11 is 0. The van der Waals surface area contributed by atoms with Gasteiger partial charge in [0.15, 0.2) is 0 Å². The van der Waals surface area contributed by atoms with Crippen molar-refractivity contribution in [2.45, 2.75) is 71.5 Å². The van der Waals surface area contributed by atoms with Gasteiger partial charge in [-0.05, 0) is 50.8 Å². The minimum atomic E-state index is 0.448. The van der Waals surface area contributed by atoms with E-state index in [9.17, 15) is 0 Å². The summed E-state index contributed by atoms with van der Waals surface area (Å²) in [6, 6.07) is 11.1. The fourth-order valence-corrected chi connectivity index (χ4v) is 3.57. The van der Waals surface area contributed by atoms with E-state index in [4.69, 9.17) is 0 Å². The van der Waals surface area contributed by atoms with Gasteiger partial charge in [0.1, 0.15) is 0 Å². The van der Waals surface area contributed by atoms with Crippen LogP contribution in [-0.2, 0) is 6.42 Å². The van der Waals surface area contributed by atoms with Gasteiger partial charge in [0.25, 0.3) is 0 Å². The highest BCUT2D eigenvalue weighted by atomic mass is 15.2. The Morgan fingerprint density at radius 3 is 2.24 bits per heavy atom. The van der Waals surface area contributed by atoms with Gasteiger partial charge in [-0.3, -0.25) is 4.90 Å². The Balaban J connectivity index is 2.10. The van der Waals surface area contributed by atoms with Crippen LogP contribution in [0.1, 0.15) is 64.1 Å². The van der Waals surface area contributed by atoms with Crippen molar-refractivity contribution in [2.24, 2.45) is 0 Å². The SMILES string of the molecule is CCNC(CN1C(C)CCCC1C)c1ccc(CC)cc1. The van der Waals surface area contributed by atoms with Crippen LogP contribution < -0.4 is 5.32 Å². The fraction of sp³-hybridized carbons (Fsp3) is 0.684. The molecule has 0 saturated carbocycles. The highest BCUT2D eigenvalue weighted by Gasteiger charge is 2.27. The van der Waals surface area contributed by atoms with Crippen molar-refractivity contribution in [2.75, 3.05) is 13.1 Å². The summed E-state index contributed by atoms with van der Waals surface area (Å²) in [5.74, 6) is 0. The summed E-state index contributed by atoms with van der Waals surface area (Å²) < 4.78 is 0. The predicted molar refractivity (Wildman–Crippen MR) is 91.7 cm³/mol. The van der Waals surface area contributed by atoms with E-state index in [0.717, 1.165) is 19.5 Å². The fourth-order valence-electron chi connectivity index (χ4n) is 3.57. The van der Waals surface area contributed by atoms with Gasteiger partial charge in [-0.2, -0.15) is 0 Å². The van der Waals surface area contributed by atoms with E-state index in [-0.39, 0.29) is 0 Å². The van der Waals surface area contributed by atoms with Crippen LogP contribution in [0.5, 0.6) is 0 Å². The van der Waals surface area contributed by atoms with Crippen molar-refractivity contribution in [3.63, 3.8) is 0 Å². The third kappa shape index (κ3) is 4.31. The second kappa shape index (κ2) is 7.95. The first-order valence-electron chi connectivity index (χ1n) is 8.73. The Kier molecular flexibility index (Phi) is 6.25. The Labute approximate surface area is 130 Å². The average molecular weight is 288 g/mol. The maximum atomic E-state index is 3.68. The van der Waals surface area contributed by atoms with Crippen LogP contribution in [0, 0.1) is 0 Å².